The van der Waals surface area contributed by atoms with Crippen molar-refractivity contribution in [2.75, 3.05) is 7.11 Å². The zero-order valence-corrected chi connectivity index (χ0v) is 11.4. The highest BCUT2D eigenvalue weighted by atomic mass is 35.5. The van der Waals surface area contributed by atoms with Gasteiger partial charge in [-0.25, -0.2) is 4.79 Å². The molecule has 0 heterocycles. The molecule has 0 aliphatic rings. The largest absolute Gasteiger partial charge is 0.464 e. The number of methoxy groups -OCH3 is 1. The lowest BCUT2D eigenvalue weighted by Gasteiger charge is -2.06. The van der Waals surface area contributed by atoms with E-state index in [1.807, 2.05) is 0 Å². The van der Waals surface area contributed by atoms with E-state index in [2.05, 4.69) is 10.1 Å². The summed E-state index contributed by atoms with van der Waals surface area (Å²) in [5.74, 6) is -1.27. The topological polar surface area (TPSA) is 98.5 Å². The molecule has 0 unspecified atom stereocenters. The van der Waals surface area contributed by atoms with Crippen molar-refractivity contribution in [3.63, 3.8) is 0 Å². The molecule has 0 fully saturated rings. The Morgan fingerprint density at radius 2 is 2.10 bits per heavy atom. The molecule has 7 nitrogen and oxygen atoms in total. The number of esters is 1. The van der Waals surface area contributed by atoms with Crippen LogP contribution in [0.15, 0.2) is 23.9 Å². The molecule has 1 aromatic rings. The van der Waals surface area contributed by atoms with Crippen LogP contribution >= 0.6 is 11.6 Å². The molecule has 0 aromatic heterocycles. The minimum atomic E-state index is -0.789. The number of hydrogen-bond donors (Lipinski definition) is 1. The molecule has 0 radical (unpaired) electrons. The van der Waals surface area contributed by atoms with Gasteiger partial charge in [0.25, 0.3) is 5.69 Å². The predicted octanol–water partition coefficient (Wildman–Crippen LogP) is 1.90. The fourth-order valence-electron chi connectivity index (χ4n) is 1.36. The summed E-state index contributed by atoms with van der Waals surface area (Å²) in [7, 11) is 1.15. The number of carbonyl (C=O) groups excluding carboxylic acids is 2. The summed E-state index contributed by atoms with van der Waals surface area (Å²) in [5.41, 5.74) is -0.134. The highest BCUT2D eigenvalue weighted by Gasteiger charge is 2.14. The van der Waals surface area contributed by atoms with Crippen molar-refractivity contribution < 1.29 is 19.2 Å². The number of halogens is 1. The second-order valence-corrected chi connectivity index (χ2v) is 4.10. The number of rotatable bonds is 4. The number of non-ortho nitro benzene ring substituents is 1. The number of hydrogen-bond acceptors (Lipinski definition) is 5. The SMILES string of the molecule is COC(=O)C(=Cc1cc([N+](=O)[O-])ccc1Cl)NC(C)=O. The van der Waals surface area contributed by atoms with Crippen LogP contribution in [0.5, 0.6) is 0 Å². The zero-order chi connectivity index (χ0) is 15.3. The van der Waals surface area contributed by atoms with E-state index >= 15 is 0 Å². The Morgan fingerprint density at radius 1 is 1.45 bits per heavy atom. The van der Waals surface area contributed by atoms with Crippen molar-refractivity contribution in [2.45, 2.75) is 6.92 Å². The van der Waals surface area contributed by atoms with Crippen molar-refractivity contribution in [1.82, 2.24) is 5.32 Å². The molecule has 1 aromatic carbocycles. The summed E-state index contributed by atoms with van der Waals surface area (Å²) in [6.45, 7) is 1.21. The Labute approximate surface area is 119 Å². The quantitative estimate of drug-likeness (QED) is 0.396. The molecule has 0 spiro atoms. The number of nitrogens with one attached hydrogen (secondary N) is 1. The number of nitrogens with zero attached hydrogens (tertiary/aromatic N) is 1. The van der Waals surface area contributed by atoms with Gasteiger partial charge < -0.3 is 10.1 Å². The van der Waals surface area contributed by atoms with Crippen LogP contribution in [-0.4, -0.2) is 23.9 Å². The fourth-order valence-corrected chi connectivity index (χ4v) is 1.53. The summed E-state index contributed by atoms with van der Waals surface area (Å²) in [4.78, 5) is 32.6. The molecule has 0 bridgehead atoms. The number of carbonyl (C=O) groups is 2. The molecule has 0 atom stereocenters. The van der Waals surface area contributed by atoms with Crippen molar-refractivity contribution in [1.29, 1.82) is 0 Å². The maximum absolute atomic E-state index is 11.5. The van der Waals surface area contributed by atoms with Gasteiger partial charge in [-0.2, -0.15) is 0 Å². The minimum absolute atomic E-state index is 0.164. The van der Waals surface area contributed by atoms with Crippen LogP contribution in [0, 0.1) is 10.1 Å². The van der Waals surface area contributed by atoms with E-state index in [1.54, 1.807) is 0 Å². The van der Waals surface area contributed by atoms with Gasteiger partial charge in [0.2, 0.25) is 5.91 Å². The van der Waals surface area contributed by atoms with Crippen LogP contribution in [0.4, 0.5) is 5.69 Å². The van der Waals surface area contributed by atoms with Crippen molar-refractivity contribution in [2.24, 2.45) is 0 Å². The lowest BCUT2D eigenvalue weighted by atomic mass is 10.1. The van der Waals surface area contributed by atoms with E-state index in [1.165, 1.54) is 31.2 Å². The molecule has 1 N–H and O–H groups in total. The summed E-state index contributed by atoms with van der Waals surface area (Å²) in [5, 5.41) is 13.2. The Kier molecular flexibility index (Phi) is 5.22. The Bertz CT molecular complexity index is 598. The van der Waals surface area contributed by atoms with Gasteiger partial charge in [0, 0.05) is 29.6 Å². The maximum Gasteiger partial charge on any atom is 0.354 e. The third-order valence-corrected chi connectivity index (χ3v) is 2.55. The van der Waals surface area contributed by atoms with Gasteiger partial charge in [-0.3, -0.25) is 14.9 Å². The van der Waals surface area contributed by atoms with Crippen LogP contribution in [0.2, 0.25) is 5.02 Å². The van der Waals surface area contributed by atoms with Gasteiger partial charge in [-0.05, 0) is 12.1 Å². The summed E-state index contributed by atoms with van der Waals surface area (Å²) in [6, 6.07) is 3.75. The molecular weight excluding hydrogens is 288 g/mol. The van der Waals surface area contributed by atoms with Gasteiger partial charge in [-0.1, -0.05) is 11.6 Å². The average Bonchev–Trinajstić information content (AvgIpc) is 2.38. The van der Waals surface area contributed by atoms with E-state index in [9.17, 15) is 19.7 Å². The monoisotopic (exact) mass is 298 g/mol. The molecular formula is C12H11ClN2O5. The molecule has 1 rings (SSSR count). The smallest absolute Gasteiger partial charge is 0.354 e. The predicted molar refractivity (Wildman–Crippen MR) is 71.9 cm³/mol. The lowest BCUT2D eigenvalue weighted by Crippen LogP contribution is -2.25. The van der Waals surface area contributed by atoms with E-state index < -0.39 is 16.8 Å². The fraction of sp³-hybridized carbons (Fsp3) is 0.167. The number of benzene rings is 1. The first kappa shape index (κ1) is 15.6. The van der Waals surface area contributed by atoms with E-state index in [-0.39, 0.29) is 22.0 Å². The van der Waals surface area contributed by atoms with Crippen molar-refractivity contribution in [3.05, 3.63) is 44.6 Å². The maximum atomic E-state index is 11.5. The highest BCUT2D eigenvalue weighted by molar-refractivity contribution is 6.32. The molecule has 0 saturated heterocycles. The summed E-state index contributed by atoms with van der Waals surface area (Å²) < 4.78 is 4.50. The first-order valence-electron chi connectivity index (χ1n) is 5.36. The van der Waals surface area contributed by atoms with Crippen LogP contribution < -0.4 is 5.32 Å². The van der Waals surface area contributed by atoms with Gasteiger partial charge in [0.05, 0.1) is 12.0 Å². The summed E-state index contributed by atoms with van der Waals surface area (Å²) >= 11 is 5.90. The standard InChI is InChI=1S/C12H11ClN2O5/c1-7(16)14-11(12(17)20-2)6-8-5-9(15(18)19)3-4-10(8)13/h3-6H,1-2H3,(H,14,16). The van der Waals surface area contributed by atoms with Crippen LogP contribution in [0.25, 0.3) is 6.08 Å². The third-order valence-electron chi connectivity index (χ3n) is 2.21. The second kappa shape index (κ2) is 6.67. The van der Waals surface area contributed by atoms with Crippen molar-refractivity contribution >= 4 is 35.2 Å². The molecule has 0 aliphatic carbocycles. The van der Waals surface area contributed by atoms with Crippen LogP contribution in [0.3, 0.4) is 0 Å². The lowest BCUT2D eigenvalue weighted by molar-refractivity contribution is -0.384. The summed E-state index contributed by atoms with van der Waals surface area (Å²) in [6.07, 6.45) is 1.21. The first-order chi connectivity index (χ1) is 9.35. The van der Waals surface area contributed by atoms with Gasteiger partial charge in [-0.15, -0.1) is 0 Å². The Morgan fingerprint density at radius 3 is 2.60 bits per heavy atom. The Balaban J connectivity index is 3.28. The van der Waals surface area contributed by atoms with E-state index in [0.717, 1.165) is 7.11 Å². The minimum Gasteiger partial charge on any atom is -0.464 e. The molecule has 106 valence electrons. The number of ether oxygens (including phenoxy) is 1. The number of nitro groups is 1. The highest BCUT2D eigenvalue weighted by Crippen LogP contribution is 2.24. The van der Waals surface area contributed by atoms with Crippen LogP contribution in [-0.2, 0) is 14.3 Å². The molecule has 8 heteroatoms. The van der Waals surface area contributed by atoms with Gasteiger partial charge in [0.15, 0.2) is 0 Å². The number of nitro benzene ring substituents is 1. The molecule has 0 saturated carbocycles. The molecule has 20 heavy (non-hydrogen) atoms. The van der Waals surface area contributed by atoms with Crippen molar-refractivity contribution in [3.8, 4) is 0 Å². The number of amides is 1. The van der Waals surface area contributed by atoms with E-state index in [0.29, 0.717) is 0 Å². The third kappa shape index (κ3) is 4.06. The normalized spacial score (nSPS) is 10.8. The van der Waals surface area contributed by atoms with E-state index in [4.69, 9.17) is 11.6 Å². The zero-order valence-electron chi connectivity index (χ0n) is 10.7. The van der Waals surface area contributed by atoms with Crippen LogP contribution in [0.1, 0.15) is 12.5 Å². The molecule has 1 amide bonds. The second-order valence-electron chi connectivity index (χ2n) is 3.69. The Hall–Kier alpha value is -2.41. The molecule has 0 aliphatic heterocycles. The average molecular weight is 299 g/mol. The van der Waals surface area contributed by atoms with Gasteiger partial charge >= 0.3 is 5.97 Å². The van der Waals surface area contributed by atoms with Gasteiger partial charge in [0.1, 0.15) is 5.70 Å². The first-order valence-corrected chi connectivity index (χ1v) is 5.74.